The molecule has 0 spiro atoms. The number of carbonyl (C=O) groups is 1. The highest BCUT2D eigenvalue weighted by Crippen LogP contribution is 2.32. The van der Waals surface area contributed by atoms with E-state index in [4.69, 9.17) is 0 Å². The molecule has 5 nitrogen and oxygen atoms in total. The van der Waals surface area contributed by atoms with E-state index in [0.717, 1.165) is 49.3 Å². The van der Waals surface area contributed by atoms with Crippen LogP contribution in [0.25, 0.3) is 0 Å². The Labute approximate surface area is 178 Å². The highest BCUT2D eigenvalue weighted by molar-refractivity contribution is 7.98. The number of rotatable bonds is 7. The zero-order valence-corrected chi connectivity index (χ0v) is 17.9. The van der Waals surface area contributed by atoms with Gasteiger partial charge in [-0.3, -0.25) is 4.79 Å². The molecule has 1 aromatic carbocycles. The number of likely N-dealkylation sites (tertiary alicyclic amines) is 1. The molecule has 1 aliphatic heterocycles. The molecule has 2 heterocycles. The first-order valence-corrected chi connectivity index (χ1v) is 11.0. The maximum atomic E-state index is 13.3. The fourth-order valence-electron chi connectivity index (χ4n) is 3.33. The van der Waals surface area contributed by atoms with E-state index in [9.17, 15) is 18.0 Å². The Balaban J connectivity index is 1.72. The van der Waals surface area contributed by atoms with Crippen molar-refractivity contribution in [2.45, 2.75) is 43.8 Å². The second kappa shape index (κ2) is 9.68. The maximum absolute atomic E-state index is 13.3. The van der Waals surface area contributed by atoms with E-state index >= 15 is 0 Å². The zero-order valence-electron chi connectivity index (χ0n) is 17.1. The molecule has 1 aromatic heterocycles. The van der Waals surface area contributed by atoms with Crippen LogP contribution in [0, 0.1) is 0 Å². The number of benzene rings is 1. The summed E-state index contributed by atoms with van der Waals surface area (Å²) in [5.41, 5.74) is 0.585. The number of aromatic nitrogens is 2. The summed E-state index contributed by atoms with van der Waals surface area (Å²) in [6.07, 6.45) is -2.46. The molecule has 0 unspecified atom stereocenters. The standard InChI is InChI=1S/C21H25F3N4OS/c1-3-27(4-2)18-13-17(21(22,23)24)25-20(26-18)30-14-15-7-9-16(10-8-15)19(29)28-11-5-6-12-28/h7-10,13H,3-6,11-12,14H2,1-2H3. The third kappa shape index (κ3) is 5.44. The SMILES string of the molecule is CCN(CC)c1cc(C(F)(F)F)nc(SCc2ccc(C(=O)N3CCCC3)cc2)n1. The fourth-order valence-corrected chi connectivity index (χ4v) is 4.14. The first-order chi connectivity index (χ1) is 14.3. The first-order valence-electron chi connectivity index (χ1n) is 10.0. The molecule has 1 fully saturated rings. The third-order valence-corrected chi connectivity index (χ3v) is 5.95. The number of amides is 1. The lowest BCUT2D eigenvalue weighted by Gasteiger charge is -2.21. The van der Waals surface area contributed by atoms with Gasteiger partial charge >= 0.3 is 6.18 Å². The normalized spacial score (nSPS) is 14.2. The summed E-state index contributed by atoms with van der Waals surface area (Å²) in [6, 6.07) is 8.19. The van der Waals surface area contributed by atoms with Crippen molar-refractivity contribution in [1.82, 2.24) is 14.9 Å². The van der Waals surface area contributed by atoms with Crippen molar-refractivity contribution in [3.8, 4) is 0 Å². The average Bonchev–Trinajstić information content (AvgIpc) is 3.27. The second-order valence-electron chi connectivity index (χ2n) is 7.05. The van der Waals surface area contributed by atoms with Crippen molar-refractivity contribution in [3.63, 3.8) is 0 Å². The Kier molecular flexibility index (Phi) is 7.23. The molecule has 1 amide bonds. The van der Waals surface area contributed by atoms with Gasteiger partial charge in [0.25, 0.3) is 5.91 Å². The van der Waals surface area contributed by atoms with Gasteiger partial charge in [-0.1, -0.05) is 23.9 Å². The predicted octanol–water partition coefficient (Wildman–Crippen LogP) is 4.87. The van der Waals surface area contributed by atoms with Crippen LogP contribution >= 0.6 is 11.8 Å². The van der Waals surface area contributed by atoms with Crippen LogP contribution in [0.15, 0.2) is 35.5 Å². The van der Waals surface area contributed by atoms with Gasteiger partial charge < -0.3 is 9.80 Å². The first kappa shape index (κ1) is 22.4. The molecule has 0 radical (unpaired) electrons. The van der Waals surface area contributed by atoms with Crippen LogP contribution in [0.3, 0.4) is 0 Å². The van der Waals surface area contributed by atoms with Gasteiger partial charge in [-0.15, -0.1) is 0 Å². The van der Waals surface area contributed by atoms with E-state index in [2.05, 4.69) is 9.97 Å². The van der Waals surface area contributed by atoms with E-state index < -0.39 is 11.9 Å². The molecule has 0 atom stereocenters. The van der Waals surface area contributed by atoms with E-state index in [1.807, 2.05) is 30.9 Å². The molecule has 162 valence electrons. The quantitative estimate of drug-likeness (QED) is 0.456. The topological polar surface area (TPSA) is 49.3 Å². The lowest BCUT2D eigenvalue weighted by molar-refractivity contribution is -0.141. The van der Waals surface area contributed by atoms with Gasteiger partial charge in [-0.25, -0.2) is 9.97 Å². The maximum Gasteiger partial charge on any atom is 0.433 e. The summed E-state index contributed by atoms with van der Waals surface area (Å²) in [7, 11) is 0. The summed E-state index contributed by atoms with van der Waals surface area (Å²) >= 11 is 1.15. The third-order valence-electron chi connectivity index (χ3n) is 5.03. The smallest absolute Gasteiger partial charge is 0.357 e. The highest BCUT2D eigenvalue weighted by atomic mass is 32.2. The van der Waals surface area contributed by atoms with Crippen molar-refractivity contribution < 1.29 is 18.0 Å². The number of alkyl halides is 3. The van der Waals surface area contributed by atoms with Crippen LogP contribution in [-0.2, 0) is 11.9 Å². The lowest BCUT2D eigenvalue weighted by Crippen LogP contribution is -2.27. The molecule has 30 heavy (non-hydrogen) atoms. The minimum Gasteiger partial charge on any atom is -0.357 e. The fraction of sp³-hybridized carbons (Fsp3) is 0.476. The summed E-state index contributed by atoms with van der Waals surface area (Å²) in [6.45, 7) is 6.44. The molecule has 0 aliphatic carbocycles. The van der Waals surface area contributed by atoms with Crippen molar-refractivity contribution in [1.29, 1.82) is 0 Å². The average molecular weight is 439 g/mol. The van der Waals surface area contributed by atoms with Crippen molar-refractivity contribution >= 4 is 23.5 Å². The van der Waals surface area contributed by atoms with Crippen LogP contribution in [0.1, 0.15) is 48.3 Å². The number of hydrogen-bond donors (Lipinski definition) is 0. The predicted molar refractivity (Wildman–Crippen MR) is 112 cm³/mol. The van der Waals surface area contributed by atoms with E-state index in [0.29, 0.717) is 24.4 Å². The molecule has 9 heteroatoms. The summed E-state index contributed by atoms with van der Waals surface area (Å²) in [5, 5.41) is 0.0870. The Morgan fingerprint density at radius 1 is 1.10 bits per heavy atom. The van der Waals surface area contributed by atoms with E-state index in [-0.39, 0.29) is 16.9 Å². The number of hydrogen-bond acceptors (Lipinski definition) is 5. The molecule has 3 rings (SSSR count). The summed E-state index contributed by atoms with van der Waals surface area (Å²) < 4.78 is 39.8. The lowest BCUT2D eigenvalue weighted by atomic mass is 10.1. The van der Waals surface area contributed by atoms with Crippen LogP contribution in [0.4, 0.5) is 19.0 Å². The minimum atomic E-state index is -4.53. The summed E-state index contributed by atoms with van der Waals surface area (Å²) in [4.78, 5) is 24.0. The molecular weight excluding hydrogens is 413 g/mol. The van der Waals surface area contributed by atoms with Crippen molar-refractivity contribution in [2.24, 2.45) is 0 Å². The van der Waals surface area contributed by atoms with Crippen LogP contribution in [0.5, 0.6) is 0 Å². The van der Waals surface area contributed by atoms with E-state index in [1.165, 1.54) is 0 Å². The van der Waals surface area contributed by atoms with E-state index in [1.54, 1.807) is 17.0 Å². The number of thioether (sulfide) groups is 1. The van der Waals surface area contributed by atoms with Crippen LogP contribution in [0.2, 0.25) is 0 Å². The number of nitrogens with zero attached hydrogens (tertiary/aromatic N) is 4. The minimum absolute atomic E-state index is 0.0248. The van der Waals surface area contributed by atoms with Crippen molar-refractivity contribution in [3.05, 3.63) is 47.2 Å². The monoisotopic (exact) mass is 438 g/mol. The molecule has 2 aromatic rings. The van der Waals surface area contributed by atoms with Crippen LogP contribution < -0.4 is 4.90 Å². The van der Waals surface area contributed by atoms with Crippen molar-refractivity contribution in [2.75, 3.05) is 31.1 Å². The second-order valence-corrected chi connectivity index (χ2v) is 7.99. The van der Waals surface area contributed by atoms with Gasteiger partial charge in [-0.05, 0) is 44.4 Å². The zero-order chi connectivity index (χ0) is 21.7. The number of halogens is 3. The summed E-state index contributed by atoms with van der Waals surface area (Å²) in [5.74, 6) is 0.713. The molecule has 1 saturated heterocycles. The Morgan fingerprint density at radius 2 is 1.73 bits per heavy atom. The largest absolute Gasteiger partial charge is 0.433 e. The Hall–Kier alpha value is -2.29. The Morgan fingerprint density at radius 3 is 2.30 bits per heavy atom. The molecular formula is C21H25F3N4OS. The Bertz CT molecular complexity index is 864. The molecule has 0 N–H and O–H groups in total. The molecule has 1 aliphatic rings. The number of carbonyl (C=O) groups excluding carboxylic acids is 1. The van der Waals surface area contributed by atoms with Gasteiger partial charge in [-0.2, -0.15) is 13.2 Å². The van der Waals surface area contributed by atoms with Crippen LogP contribution in [-0.4, -0.2) is 47.0 Å². The van der Waals surface area contributed by atoms with Gasteiger partial charge in [0.1, 0.15) is 5.82 Å². The molecule has 0 saturated carbocycles. The highest BCUT2D eigenvalue weighted by Gasteiger charge is 2.34. The van der Waals surface area contributed by atoms with Gasteiger partial charge in [0.2, 0.25) is 0 Å². The van der Waals surface area contributed by atoms with Gasteiger partial charge in [0.05, 0.1) is 0 Å². The van der Waals surface area contributed by atoms with Gasteiger partial charge in [0, 0.05) is 43.6 Å². The number of anilines is 1. The molecule has 0 bridgehead atoms. The van der Waals surface area contributed by atoms with Gasteiger partial charge in [0.15, 0.2) is 10.9 Å².